The number of nitrogens with zero attached hydrogens (tertiary/aromatic N) is 2. The molecule has 1 aromatic heterocycles. The largest absolute Gasteiger partial charge is 0.384 e. The molecule has 1 amide bonds. The van der Waals surface area contributed by atoms with Crippen molar-refractivity contribution in [3.05, 3.63) is 59.8 Å². The molecule has 0 aliphatic carbocycles. The Balaban J connectivity index is 1.83. The molecule has 0 spiro atoms. The van der Waals surface area contributed by atoms with Crippen molar-refractivity contribution in [2.24, 2.45) is 7.05 Å². The fourth-order valence-corrected chi connectivity index (χ4v) is 2.32. The number of nitrogen functional groups attached to an aromatic ring is 1. The second-order valence-corrected chi connectivity index (χ2v) is 4.89. The van der Waals surface area contributed by atoms with Gasteiger partial charge in [-0.1, -0.05) is 36.4 Å². The molecule has 0 aliphatic rings. The minimum absolute atomic E-state index is 0.116. The van der Waals surface area contributed by atoms with E-state index in [9.17, 15) is 4.79 Å². The summed E-state index contributed by atoms with van der Waals surface area (Å²) in [5.41, 5.74) is 7.34. The van der Waals surface area contributed by atoms with E-state index in [0.29, 0.717) is 17.9 Å². The summed E-state index contributed by atoms with van der Waals surface area (Å²) < 4.78 is 1.58. The van der Waals surface area contributed by atoms with Gasteiger partial charge in [0.1, 0.15) is 5.82 Å². The van der Waals surface area contributed by atoms with Crippen LogP contribution in [0.4, 0.5) is 5.82 Å². The monoisotopic (exact) mass is 280 g/mol. The molecular formula is C16H16N4O. The first kappa shape index (κ1) is 13.2. The van der Waals surface area contributed by atoms with Crippen molar-refractivity contribution < 1.29 is 4.79 Å². The van der Waals surface area contributed by atoms with Crippen molar-refractivity contribution in [2.45, 2.75) is 6.54 Å². The van der Waals surface area contributed by atoms with Gasteiger partial charge >= 0.3 is 0 Å². The van der Waals surface area contributed by atoms with E-state index in [-0.39, 0.29) is 5.91 Å². The molecule has 0 unspecified atom stereocenters. The predicted molar refractivity (Wildman–Crippen MR) is 82.7 cm³/mol. The van der Waals surface area contributed by atoms with E-state index in [1.807, 2.05) is 42.5 Å². The van der Waals surface area contributed by atoms with Crippen LogP contribution in [0.3, 0.4) is 0 Å². The molecule has 0 aliphatic heterocycles. The zero-order valence-electron chi connectivity index (χ0n) is 11.7. The number of carbonyl (C=O) groups excluding carboxylic acids is 1. The zero-order valence-corrected chi connectivity index (χ0v) is 11.7. The van der Waals surface area contributed by atoms with Gasteiger partial charge in [-0.3, -0.25) is 9.48 Å². The Hall–Kier alpha value is -2.82. The summed E-state index contributed by atoms with van der Waals surface area (Å²) in [4.78, 5) is 12.4. The lowest BCUT2D eigenvalue weighted by atomic mass is 10.0. The highest BCUT2D eigenvalue weighted by Crippen LogP contribution is 2.18. The molecule has 3 rings (SSSR count). The van der Waals surface area contributed by atoms with Crippen LogP contribution < -0.4 is 11.1 Å². The number of nitrogens with one attached hydrogen (secondary N) is 1. The van der Waals surface area contributed by atoms with E-state index in [1.54, 1.807) is 17.9 Å². The molecule has 3 N–H and O–H groups in total. The second-order valence-electron chi connectivity index (χ2n) is 4.89. The summed E-state index contributed by atoms with van der Waals surface area (Å²) in [5, 5.41) is 8.94. The Labute approximate surface area is 122 Å². The van der Waals surface area contributed by atoms with Crippen LogP contribution in [-0.2, 0) is 13.6 Å². The van der Waals surface area contributed by atoms with Crippen LogP contribution in [0.5, 0.6) is 0 Å². The Morgan fingerprint density at radius 2 is 2.00 bits per heavy atom. The molecule has 3 aromatic rings. The molecule has 0 fully saturated rings. The number of rotatable bonds is 3. The van der Waals surface area contributed by atoms with Crippen LogP contribution in [0.1, 0.15) is 15.9 Å². The van der Waals surface area contributed by atoms with Crippen LogP contribution >= 0.6 is 0 Å². The number of aromatic nitrogens is 2. The minimum Gasteiger partial charge on any atom is -0.384 e. The normalized spacial score (nSPS) is 10.7. The van der Waals surface area contributed by atoms with Gasteiger partial charge in [-0.25, -0.2) is 0 Å². The van der Waals surface area contributed by atoms with E-state index < -0.39 is 0 Å². The average molecular weight is 280 g/mol. The number of amides is 1. The Morgan fingerprint density at radius 1 is 1.24 bits per heavy atom. The lowest BCUT2D eigenvalue weighted by molar-refractivity contribution is 0.0952. The van der Waals surface area contributed by atoms with E-state index in [2.05, 4.69) is 10.4 Å². The van der Waals surface area contributed by atoms with Gasteiger partial charge in [0.2, 0.25) is 0 Å². The minimum atomic E-state index is -0.116. The van der Waals surface area contributed by atoms with Crippen LogP contribution in [0, 0.1) is 0 Å². The quantitative estimate of drug-likeness (QED) is 0.771. The first-order valence-corrected chi connectivity index (χ1v) is 6.69. The molecule has 2 aromatic carbocycles. The molecule has 21 heavy (non-hydrogen) atoms. The highest BCUT2D eigenvalue weighted by molar-refractivity contribution is 6.06. The van der Waals surface area contributed by atoms with Gasteiger partial charge in [0.05, 0.1) is 6.20 Å². The van der Waals surface area contributed by atoms with Crippen molar-refractivity contribution in [1.82, 2.24) is 15.1 Å². The SMILES string of the molecule is Cn1ncc(CNC(=O)c2cccc3ccccc23)c1N. The first-order chi connectivity index (χ1) is 10.2. The van der Waals surface area contributed by atoms with Crippen LogP contribution in [0.2, 0.25) is 0 Å². The van der Waals surface area contributed by atoms with Crippen molar-refractivity contribution >= 4 is 22.5 Å². The lowest BCUT2D eigenvalue weighted by Gasteiger charge is -2.08. The summed E-state index contributed by atoms with van der Waals surface area (Å²) in [6.45, 7) is 0.363. The zero-order chi connectivity index (χ0) is 14.8. The average Bonchev–Trinajstić information content (AvgIpc) is 2.84. The summed E-state index contributed by atoms with van der Waals surface area (Å²) in [5.74, 6) is 0.447. The summed E-state index contributed by atoms with van der Waals surface area (Å²) in [6, 6.07) is 13.5. The van der Waals surface area contributed by atoms with Gasteiger partial charge in [0, 0.05) is 24.7 Å². The number of hydrogen-bond acceptors (Lipinski definition) is 3. The van der Waals surface area contributed by atoms with Crippen molar-refractivity contribution in [2.75, 3.05) is 5.73 Å². The number of carbonyl (C=O) groups is 1. The van der Waals surface area contributed by atoms with E-state index in [0.717, 1.165) is 16.3 Å². The smallest absolute Gasteiger partial charge is 0.252 e. The van der Waals surface area contributed by atoms with E-state index >= 15 is 0 Å². The standard InChI is InChI=1S/C16H16N4O/c1-20-15(17)12(10-19-20)9-18-16(21)14-8-4-6-11-5-2-3-7-13(11)14/h2-8,10H,9,17H2,1H3,(H,18,21). The Kier molecular flexibility index (Phi) is 3.31. The van der Waals surface area contributed by atoms with Gasteiger partial charge in [-0.2, -0.15) is 5.10 Å². The maximum atomic E-state index is 12.4. The molecular weight excluding hydrogens is 264 g/mol. The number of fused-ring (bicyclic) bond motifs is 1. The summed E-state index contributed by atoms with van der Waals surface area (Å²) >= 11 is 0. The van der Waals surface area contributed by atoms with Gasteiger partial charge in [0.15, 0.2) is 0 Å². The molecule has 5 nitrogen and oxygen atoms in total. The highest BCUT2D eigenvalue weighted by atomic mass is 16.1. The third-order valence-electron chi connectivity index (χ3n) is 3.54. The van der Waals surface area contributed by atoms with E-state index in [4.69, 9.17) is 5.73 Å². The fourth-order valence-electron chi connectivity index (χ4n) is 2.32. The topological polar surface area (TPSA) is 72.9 Å². The molecule has 0 atom stereocenters. The Morgan fingerprint density at radius 3 is 2.76 bits per heavy atom. The maximum Gasteiger partial charge on any atom is 0.252 e. The van der Waals surface area contributed by atoms with Gasteiger partial charge < -0.3 is 11.1 Å². The molecule has 0 saturated carbocycles. The van der Waals surface area contributed by atoms with Crippen molar-refractivity contribution in [3.8, 4) is 0 Å². The van der Waals surface area contributed by atoms with Crippen LogP contribution in [0.25, 0.3) is 10.8 Å². The number of nitrogens with two attached hydrogens (primary N) is 1. The highest BCUT2D eigenvalue weighted by Gasteiger charge is 2.11. The predicted octanol–water partition coefficient (Wildman–Crippen LogP) is 2.09. The summed E-state index contributed by atoms with van der Waals surface area (Å²) in [6.07, 6.45) is 1.67. The van der Waals surface area contributed by atoms with Gasteiger partial charge in [-0.05, 0) is 16.8 Å². The molecule has 1 heterocycles. The molecule has 5 heteroatoms. The van der Waals surface area contributed by atoms with Crippen LogP contribution in [-0.4, -0.2) is 15.7 Å². The number of aryl methyl sites for hydroxylation is 1. The van der Waals surface area contributed by atoms with Crippen LogP contribution in [0.15, 0.2) is 48.7 Å². The van der Waals surface area contributed by atoms with E-state index in [1.165, 1.54) is 0 Å². The summed E-state index contributed by atoms with van der Waals surface area (Å²) in [7, 11) is 1.77. The number of hydrogen-bond donors (Lipinski definition) is 2. The van der Waals surface area contributed by atoms with Crippen molar-refractivity contribution in [1.29, 1.82) is 0 Å². The molecule has 106 valence electrons. The lowest BCUT2D eigenvalue weighted by Crippen LogP contribution is -2.23. The first-order valence-electron chi connectivity index (χ1n) is 6.69. The molecule has 0 radical (unpaired) electrons. The van der Waals surface area contributed by atoms with Crippen molar-refractivity contribution in [3.63, 3.8) is 0 Å². The number of benzene rings is 2. The second kappa shape index (κ2) is 5.28. The van der Waals surface area contributed by atoms with Gasteiger partial charge in [-0.15, -0.1) is 0 Å². The molecule has 0 bridgehead atoms. The molecule has 0 saturated heterocycles. The fraction of sp³-hybridized carbons (Fsp3) is 0.125. The Bertz CT molecular complexity index is 802. The maximum absolute atomic E-state index is 12.4. The number of anilines is 1. The van der Waals surface area contributed by atoms with Gasteiger partial charge in [0.25, 0.3) is 5.91 Å². The third kappa shape index (κ3) is 2.45. The third-order valence-corrected chi connectivity index (χ3v) is 3.54.